The maximum Gasteiger partial charge on any atom is 0.249 e. The molecule has 38 heavy (non-hydrogen) atoms. The highest BCUT2D eigenvalue weighted by Crippen LogP contribution is 2.37. The molecule has 1 aliphatic heterocycles. The average Bonchev–Trinajstić information content (AvgIpc) is 2.95. The van der Waals surface area contributed by atoms with Crippen molar-refractivity contribution in [2.75, 3.05) is 0 Å². The standard InChI is InChI=1S/C17H11NO.C16H9NO2/c19-16-7-8-18-15-6-5-13-9-11-3-1-2-4-12(11)10-14(13)17(15)16;18-14-8-12-9-4-1-2-5-10(9)16(19)11-6-3-7-13(17-14)15(11)12/h1-6,8-10H,7H2;1-8H,(H,17,18). The third-order valence-corrected chi connectivity index (χ3v) is 7.22. The van der Waals surface area contributed by atoms with Crippen LogP contribution < -0.4 is 5.56 Å². The smallest absolute Gasteiger partial charge is 0.249 e. The SMILES string of the molecule is O=C1CC=Nc2ccc3cc4ccccc4cc3c21.O=C1c2ccccc2-c2cc(=O)[nH]c3cccc1c23. The first-order valence-corrected chi connectivity index (χ1v) is 12.4. The van der Waals surface area contributed by atoms with Crippen LogP contribution in [0.4, 0.5) is 5.69 Å². The van der Waals surface area contributed by atoms with Gasteiger partial charge in [-0.05, 0) is 56.9 Å². The fourth-order valence-electron chi connectivity index (χ4n) is 5.51. The first-order valence-electron chi connectivity index (χ1n) is 12.4. The van der Waals surface area contributed by atoms with Crippen molar-refractivity contribution in [1.82, 2.24) is 4.98 Å². The molecule has 0 saturated heterocycles. The molecule has 2 heterocycles. The van der Waals surface area contributed by atoms with Gasteiger partial charge in [-0.2, -0.15) is 0 Å². The number of benzene rings is 5. The molecule has 180 valence electrons. The van der Waals surface area contributed by atoms with Crippen LogP contribution in [0.25, 0.3) is 43.6 Å². The maximum absolute atomic E-state index is 12.5. The highest BCUT2D eigenvalue weighted by Gasteiger charge is 2.25. The van der Waals surface area contributed by atoms with Crippen LogP contribution in [0, 0.1) is 0 Å². The van der Waals surface area contributed by atoms with Gasteiger partial charge in [0.25, 0.3) is 0 Å². The number of aromatic amines is 1. The Bertz CT molecular complexity index is 2070. The Balaban J connectivity index is 0.000000127. The lowest BCUT2D eigenvalue weighted by molar-refractivity contribution is 0.100. The van der Waals surface area contributed by atoms with E-state index >= 15 is 0 Å². The van der Waals surface area contributed by atoms with Crippen LogP contribution in [-0.4, -0.2) is 22.8 Å². The number of ketones is 2. The van der Waals surface area contributed by atoms with E-state index in [0.29, 0.717) is 23.1 Å². The van der Waals surface area contributed by atoms with Crippen LogP contribution in [0.3, 0.4) is 0 Å². The van der Waals surface area contributed by atoms with Gasteiger partial charge in [-0.15, -0.1) is 0 Å². The second kappa shape index (κ2) is 8.46. The third kappa shape index (κ3) is 3.40. The summed E-state index contributed by atoms with van der Waals surface area (Å²) >= 11 is 0. The highest BCUT2D eigenvalue weighted by molar-refractivity contribution is 6.25. The lowest BCUT2D eigenvalue weighted by Crippen LogP contribution is -2.14. The normalized spacial score (nSPS) is 13.3. The summed E-state index contributed by atoms with van der Waals surface area (Å²) in [6.45, 7) is 0. The van der Waals surface area contributed by atoms with E-state index in [9.17, 15) is 14.4 Å². The molecule has 2 aliphatic rings. The zero-order valence-electron chi connectivity index (χ0n) is 20.2. The number of pyridine rings is 1. The summed E-state index contributed by atoms with van der Waals surface area (Å²) in [5.74, 6) is 0.173. The third-order valence-electron chi connectivity index (χ3n) is 7.22. The van der Waals surface area contributed by atoms with Crippen LogP contribution in [0.2, 0.25) is 0 Å². The number of hydrogen-bond acceptors (Lipinski definition) is 4. The molecular formula is C33H20N2O3. The zero-order chi connectivity index (χ0) is 25.8. The second-order valence-corrected chi connectivity index (χ2v) is 9.47. The predicted octanol–water partition coefficient (Wildman–Crippen LogP) is 7.02. The van der Waals surface area contributed by atoms with Gasteiger partial charge in [-0.1, -0.05) is 66.7 Å². The summed E-state index contributed by atoms with van der Waals surface area (Å²) in [5.41, 5.74) is 5.11. The summed E-state index contributed by atoms with van der Waals surface area (Å²) < 4.78 is 0. The van der Waals surface area contributed by atoms with Gasteiger partial charge in [-0.25, -0.2) is 0 Å². The van der Waals surface area contributed by atoms with E-state index in [2.05, 4.69) is 34.2 Å². The van der Waals surface area contributed by atoms with Crippen LogP contribution in [0.1, 0.15) is 32.7 Å². The van der Waals surface area contributed by atoms with E-state index in [-0.39, 0.29) is 17.1 Å². The Labute approximate surface area is 217 Å². The number of carbonyl (C=O) groups is 2. The van der Waals surface area contributed by atoms with Gasteiger partial charge >= 0.3 is 0 Å². The monoisotopic (exact) mass is 492 g/mol. The predicted molar refractivity (Wildman–Crippen MR) is 152 cm³/mol. The largest absolute Gasteiger partial charge is 0.322 e. The molecule has 5 nitrogen and oxygen atoms in total. The van der Waals surface area contributed by atoms with Crippen LogP contribution in [0.5, 0.6) is 0 Å². The van der Waals surface area contributed by atoms with E-state index < -0.39 is 0 Å². The quantitative estimate of drug-likeness (QED) is 0.231. The number of aliphatic imine (C=N–C) groups is 1. The van der Waals surface area contributed by atoms with Crippen molar-refractivity contribution in [3.63, 3.8) is 0 Å². The van der Waals surface area contributed by atoms with Gasteiger partial charge in [0.2, 0.25) is 5.56 Å². The Hall–Kier alpha value is -5.16. The van der Waals surface area contributed by atoms with Crippen molar-refractivity contribution in [1.29, 1.82) is 0 Å². The molecule has 0 unspecified atom stereocenters. The van der Waals surface area contributed by atoms with Crippen LogP contribution in [-0.2, 0) is 0 Å². The Morgan fingerprint density at radius 1 is 0.632 bits per heavy atom. The van der Waals surface area contributed by atoms with E-state index in [1.54, 1.807) is 24.4 Å². The van der Waals surface area contributed by atoms with E-state index in [1.807, 2.05) is 54.6 Å². The number of aromatic nitrogens is 1. The van der Waals surface area contributed by atoms with Crippen molar-refractivity contribution in [2.45, 2.75) is 6.42 Å². The number of nitrogens with zero attached hydrogens (tertiary/aromatic N) is 1. The van der Waals surface area contributed by atoms with E-state index in [4.69, 9.17) is 0 Å². The first kappa shape index (κ1) is 22.1. The highest BCUT2D eigenvalue weighted by atomic mass is 16.1. The fraction of sp³-hybridized carbons (Fsp3) is 0.0303. The van der Waals surface area contributed by atoms with E-state index in [0.717, 1.165) is 43.9 Å². The summed E-state index contributed by atoms with van der Waals surface area (Å²) in [6, 6.07) is 30.8. The van der Waals surface area contributed by atoms with Crippen molar-refractivity contribution < 1.29 is 9.59 Å². The van der Waals surface area contributed by atoms with Gasteiger partial charge in [-0.3, -0.25) is 19.4 Å². The number of hydrogen-bond donors (Lipinski definition) is 1. The Morgan fingerprint density at radius 2 is 1.37 bits per heavy atom. The van der Waals surface area contributed by atoms with Gasteiger partial charge < -0.3 is 4.98 Å². The molecule has 5 aromatic carbocycles. The summed E-state index contributed by atoms with van der Waals surface area (Å²) in [6.07, 6.45) is 2.09. The van der Waals surface area contributed by atoms with Gasteiger partial charge in [0, 0.05) is 40.7 Å². The van der Waals surface area contributed by atoms with Crippen molar-refractivity contribution in [2.24, 2.45) is 4.99 Å². The number of carbonyl (C=O) groups excluding carboxylic acids is 2. The summed E-state index contributed by atoms with van der Waals surface area (Å²) in [4.78, 5) is 43.5. The molecule has 5 heteroatoms. The summed E-state index contributed by atoms with van der Waals surface area (Å²) in [7, 11) is 0. The topological polar surface area (TPSA) is 79.4 Å². The molecule has 0 atom stereocenters. The molecule has 1 aliphatic carbocycles. The van der Waals surface area contributed by atoms with Crippen molar-refractivity contribution in [3.8, 4) is 11.1 Å². The minimum Gasteiger partial charge on any atom is -0.322 e. The molecule has 1 N–H and O–H groups in total. The summed E-state index contributed by atoms with van der Waals surface area (Å²) in [5, 5.41) is 5.30. The molecule has 0 spiro atoms. The number of fused-ring (bicyclic) bond motifs is 6. The van der Waals surface area contributed by atoms with Crippen molar-refractivity contribution >= 4 is 55.9 Å². The maximum atomic E-state index is 12.5. The minimum absolute atomic E-state index is 0.0146. The van der Waals surface area contributed by atoms with Gasteiger partial charge in [0.15, 0.2) is 11.6 Å². The minimum atomic E-state index is -0.149. The molecule has 0 fully saturated rings. The Morgan fingerprint density at radius 3 is 2.21 bits per heavy atom. The van der Waals surface area contributed by atoms with Crippen LogP contribution in [0.15, 0.2) is 107 Å². The van der Waals surface area contributed by atoms with Gasteiger partial charge in [0.1, 0.15) is 0 Å². The molecule has 6 aromatic rings. The zero-order valence-corrected chi connectivity index (χ0v) is 20.2. The molecule has 0 radical (unpaired) electrons. The molecule has 8 rings (SSSR count). The number of H-pyrrole nitrogens is 1. The second-order valence-electron chi connectivity index (χ2n) is 9.47. The molecule has 0 amide bonds. The average molecular weight is 493 g/mol. The molecular weight excluding hydrogens is 472 g/mol. The Kier molecular flexibility index (Phi) is 4.91. The van der Waals surface area contributed by atoms with Crippen molar-refractivity contribution in [3.05, 3.63) is 124 Å². The molecule has 0 bridgehead atoms. The molecule has 0 saturated carbocycles. The van der Waals surface area contributed by atoms with E-state index in [1.165, 1.54) is 5.39 Å². The number of rotatable bonds is 0. The fourth-order valence-corrected chi connectivity index (χ4v) is 5.51. The lowest BCUT2D eigenvalue weighted by atomic mass is 9.84. The number of nitrogens with one attached hydrogen (secondary N) is 1. The first-order chi connectivity index (χ1) is 18.6. The molecule has 1 aromatic heterocycles. The van der Waals surface area contributed by atoms with Crippen LogP contribution >= 0.6 is 0 Å². The number of Topliss-reactive ketones (excluding diaryl/α,β-unsaturated/α-hetero) is 1. The van der Waals surface area contributed by atoms with Gasteiger partial charge in [0.05, 0.1) is 11.3 Å². The lowest BCUT2D eigenvalue weighted by Gasteiger charge is -2.18.